The Morgan fingerprint density at radius 1 is 0.679 bits per heavy atom. The van der Waals surface area contributed by atoms with E-state index in [1.165, 1.54) is 29.5 Å². The summed E-state index contributed by atoms with van der Waals surface area (Å²) < 4.78 is 5.93. The van der Waals surface area contributed by atoms with Crippen molar-refractivity contribution in [2.75, 3.05) is 0 Å². The highest BCUT2D eigenvalue weighted by Crippen LogP contribution is 2.28. The maximum absolute atomic E-state index is 5.93. The van der Waals surface area contributed by atoms with E-state index < -0.39 is 0 Å². The molecule has 3 nitrogen and oxygen atoms in total. The van der Waals surface area contributed by atoms with Crippen molar-refractivity contribution in [1.29, 1.82) is 0 Å². The molecule has 3 aromatic carbocycles. The van der Waals surface area contributed by atoms with Gasteiger partial charge >= 0.3 is 0 Å². The second kappa shape index (κ2) is 8.22. The van der Waals surface area contributed by atoms with Crippen molar-refractivity contribution in [2.45, 2.75) is 32.6 Å². The largest absolute Gasteiger partial charge is 0.416 e. The smallest absolute Gasteiger partial charge is 0.248 e. The fraction of sp³-hybridized carbons (Fsp3) is 0.200. The second-order valence-corrected chi connectivity index (χ2v) is 7.17. The molecule has 0 saturated carbocycles. The fourth-order valence-electron chi connectivity index (χ4n) is 3.45. The molecular weight excluding hydrogens is 344 g/mol. The summed E-state index contributed by atoms with van der Waals surface area (Å²) in [4.78, 5) is 0. The predicted molar refractivity (Wildman–Crippen MR) is 114 cm³/mol. The Labute approximate surface area is 166 Å². The van der Waals surface area contributed by atoms with Gasteiger partial charge in [-0.15, -0.1) is 10.2 Å². The second-order valence-electron chi connectivity index (χ2n) is 7.17. The summed E-state index contributed by atoms with van der Waals surface area (Å²) in [6, 6.07) is 27.0. The van der Waals surface area contributed by atoms with Crippen LogP contribution in [0.2, 0.25) is 0 Å². The van der Waals surface area contributed by atoms with Gasteiger partial charge in [0, 0.05) is 11.1 Å². The number of rotatable bonds is 6. The summed E-state index contributed by atoms with van der Waals surface area (Å²) >= 11 is 0. The highest BCUT2D eigenvalue weighted by atomic mass is 16.4. The van der Waals surface area contributed by atoms with E-state index in [1.54, 1.807) is 0 Å². The van der Waals surface area contributed by atoms with Crippen LogP contribution in [0.5, 0.6) is 0 Å². The van der Waals surface area contributed by atoms with Crippen LogP contribution < -0.4 is 0 Å². The van der Waals surface area contributed by atoms with Crippen molar-refractivity contribution in [3.05, 3.63) is 84.4 Å². The van der Waals surface area contributed by atoms with Gasteiger partial charge in [-0.25, -0.2) is 0 Å². The van der Waals surface area contributed by atoms with Crippen LogP contribution in [0.3, 0.4) is 0 Å². The van der Waals surface area contributed by atoms with Crippen LogP contribution in [-0.2, 0) is 0 Å². The molecule has 140 valence electrons. The van der Waals surface area contributed by atoms with Crippen molar-refractivity contribution < 1.29 is 4.42 Å². The molecule has 0 radical (unpaired) electrons. The van der Waals surface area contributed by atoms with E-state index in [1.807, 2.05) is 30.3 Å². The van der Waals surface area contributed by atoms with Crippen LogP contribution in [0, 0.1) is 0 Å². The van der Waals surface area contributed by atoms with E-state index in [-0.39, 0.29) is 0 Å². The van der Waals surface area contributed by atoms with Gasteiger partial charge in [0.15, 0.2) is 0 Å². The minimum absolute atomic E-state index is 0.540. The van der Waals surface area contributed by atoms with Crippen molar-refractivity contribution in [3.8, 4) is 34.0 Å². The number of hydrogen-bond donors (Lipinski definition) is 0. The Balaban J connectivity index is 1.53. The average Bonchev–Trinajstić information content (AvgIpc) is 3.25. The molecular formula is C25H24N2O. The Morgan fingerprint density at radius 2 is 1.18 bits per heavy atom. The summed E-state index contributed by atoms with van der Waals surface area (Å²) in [7, 11) is 0. The first-order valence-corrected chi connectivity index (χ1v) is 9.84. The van der Waals surface area contributed by atoms with Gasteiger partial charge in [-0.05, 0) is 53.3 Å². The summed E-state index contributed by atoms with van der Waals surface area (Å²) in [5.41, 5.74) is 5.58. The van der Waals surface area contributed by atoms with E-state index in [0.29, 0.717) is 17.7 Å². The molecule has 0 aliphatic heterocycles. The Bertz CT molecular complexity index is 1020. The molecule has 0 fully saturated rings. The lowest BCUT2D eigenvalue weighted by Gasteiger charge is -2.10. The Morgan fingerprint density at radius 3 is 1.75 bits per heavy atom. The third-order valence-electron chi connectivity index (χ3n) is 5.11. The maximum atomic E-state index is 5.93. The minimum Gasteiger partial charge on any atom is -0.416 e. The molecule has 0 N–H and O–H groups in total. The zero-order valence-electron chi connectivity index (χ0n) is 16.3. The first kappa shape index (κ1) is 18.2. The SMILES string of the molecule is CCCC(C)c1ccc(-c2nnc(-c3ccc(-c4ccccc4)cc3)o2)cc1. The topological polar surface area (TPSA) is 38.9 Å². The maximum Gasteiger partial charge on any atom is 0.248 e. The van der Waals surface area contributed by atoms with Crippen LogP contribution in [-0.4, -0.2) is 10.2 Å². The Kier molecular flexibility index (Phi) is 5.34. The minimum atomic E-state index is 0.540. The molecule has 0 amide bonds. The molecule has 0 aliphatic carbocycles. The molecule has 1 aromatic heterocycles. The molecule has 0 saturated heterocycles. The van der Waals surface area contributed by atoms with E-state index in [9.17, 15) is 0 Å². The summed E-state index contributed by atoms with van der Waals surface area (Å²) in [6.07, 6.45) is 2.39. The third-order valence-corrected chi connectivity index (χ3v) is 5.11. The predicted octanol–water partition coefficient (Wildman–Crippen LogP) is 6.97. The van der Waals surface area contributed by atoms with Gasteiger partial charge < -0.3 is 4.42 Å². The van der Waals surface area contributed by atoms with Crippen LogP contribution in [0.1, 0.15) is 38.2 Å². The number of benzene rings is 3. The normalized spacial score (nSPS) is 12.1. The van der Waals surface area contributed by atoms with E-state index in [2.05, 4.69) is 72.6 Å². The third kappa shape index (κ3) is 3.89. The lowest BCUT2D eigenvalue weighted by molar-refractivity contribution is 0.584. The van der Waals surface area contributed by atoms with Gasteiger partial charge in [-0.2, -0.15) is 0 Å². The first-order valence-electron chi connectivity index (χ1n) is 9.84. The molecule has 1 heterocycles. The molecule has 1 unspecified atom stereocenters. The van der Waals surface area contributed by atoms with Gasteiger partial charge in [-0.3, -0.25) is 0 Å². The quantitative estimate of drug-likeness (QED) is 0.369. The highest BCUT2D eigenvalue weighted by Gasteiger charge is 2.12. The van der Waals surface area contributed by atoms with Gasteiger partial charge in [-0.1, -0.05) is 74.9 Å². The monoisotopic (exact) mass is 368 g/mol. The van der Waals surface area contributed by atoms with E-state index in [4.69, 9.17) is 4.42 Å². The lowest BCUT2D eigenvalue weighted by Crippen LogP contribution is -1.92. The molecule has 28 heavy (non-hydrogen) atoms. The molecule has 0 spiro atoms. The first-order chi connectivity index (χ1) is 13.7. The number of nitrogens with zero attached hydrogens (tertiary/aromatic N) is 2. The van der Waals surface area contributed by atoms with E-state index in [0.717, 1.165) is 11.1 Å². The zero-order valence-corrected chi connectivity index (χ0v) is 16.3. The van der Waals surface area contributed by atoms with Gasteiger partial charge in [0.05, 0.1) is 0 Å². The summed E-state index contributed by atoms with van der Waals surface area (Å²) in [6.45, 7) is 4.49. The molecule has 3 heteroatoms. The van der Waals surface area contributed by atoms with Crippen LogP contribution in [0.25, 0.3) is 34.0 Å². The van der Waals surface area contributed by atoms with Gasteiger partial charge in [0.2, 0.25) is 11.8 Å². The lowest BCUT2D eigenvalue weighted by atomic mass is 9.96. The van der Waals surface area contributed by atoms with Crippen molar-refractivity contribution >= 4 is 0 Å². The van der Waals surface area contributed by atoms with Gasteiger partial charge in [0.25, 0.3) is 0 Å². The van der Waals surface area contributed by atoms with E-state index >= 15 is 0 Å². The summed E-state index contributed by atoms with van der Waals surface area (Å²) in [5, 5.41) is 8.47. The Hall–Kier alpha value is -3.20. The van der Waals surface area contributed by atoms with Crippen LogP contribution in [0.15, 0.2) is 83.3 Å². The van der Waals surface area contributed by atoms with Crippen LogP contribution in [0.4, 0.5) is 0 Å². The number of hydrogen-bond acceptors (Lipinski definition) is 3. The molecule has 0 bridgehead atoms. The zero-order chi connectivity index (χ0) is 19.3. The van der Waals surface area contributed by atoms with Crippen LogP contribution >= 0.6 is 0 Å². The average molecular weight is 368 g/mol. The summed E-state index contributed by atoms with van der Waals surface area (Å²) in [5.74, 6) is 1.66. The molecule has 4 aromatic rings. The molecule has 1 atom stereocenters. The highest BCUT2D eigenvalue weighted by molar-refractivity contribution is 5.67. The standard InChI is InChI=1S/C25H24N2O/c1-3-7-18(2)19-10-14-22(15-11-19)24-26-27-25(28-24)23-16-12-21(13-17-23)20-8-5-4-6-9-20/h4-6,8-18H,3,7H2,1-2H3. The van der Waals surface area contributed by atoms with Crippen molar-refractivity contribution in [1.82, 2.24) is 10.2 Å². The molecule has 4 rings (SSSR count). The van der Waals surface area contributed by atoms with Crippen molar-refractivity contribution in [3.63, 3.8) is 0 Å². The van der Waals surface area contributed by atoms with Gasteiger partial charge in [0.1, 0.15) is 0 Å². The van der Waals surface area contributed by atoms with Crippen molar-refractivity contribution in [2.24, 2.45) is 0 Å². The molecule has 0 aliphatic rings. The fourth-order valence-corrected chi connectivity index (χ4v) is 3.45. The number of aromatic nitrogens is 2.